The maximum absolute atomic E-state index is 11.4. The van der Waals surface area contributed by atoms with Gasteiger partial charge in [-0.1, -0.05) is 6.08 Å². The molecule has 0 aromatic rings. The highest BCUT2D eigenvalue weighted by molar-refractivity contribution is 8.75. The van der Waals surface area contributed by atoms with Crippen LogP contribution in [-0.2, 0) is 139 Å². The fourth-order valence-corrected chi connectivity index (χ4v) is 26.2. The van der Waals surface area contributed by atoms with E-state index in [2.05, 4.69) is 6.58 Å². The Hall–Kier alpha value is 1.50. The molecule has 0 spiro atoms. The summed E-state index contributed by atoms with van der Waals surface area (Å²) in [6.45, 7) is 5.00. The van der Waals surface area contributed by atoms with Crippen LogP contribution >= 0.6 is 0 Å². The number of carbonyl (C=O) groups is 2. The van der Waals surface area contributed by atoms with Crippen molar-refractivity contribution in [2.24, 2.45) is 0 Å². The number of hydrogen-bond acceptors (Lipinski definition) is 6. The predicted molar refractivity (Wildman–Crippen MR) is 142 cm³/mol. The molecule has 5 nitrogen and oxygen atoms in total. The Morgan fingerprint density at radius 1 is 1.11 bits per heavy atom. The molecular weight excluding hydrogens is 605 g/mol. The number of rotatable bonds is 4. The van der Waals surface area contributed by atoms with Crippen LogP contribution in [0, 0.1) is 0 Å². The lowest BCUT2D eigenvalue weighted by molar-refractivity contribution is -0.152. The second kappa shape index (κ2) is 18.3. The number of cyclic esters (lactones) is 1. The third kappa shape index (κ3) is 14.2. The molecule has 27 heavy (non-hydrogen) atoms. The van der Waals surface area contributed by atoms with Crippen molar-refractivity contribution in [2.75, 3.05) is 0 Å². The first-order chi connectivity index (χ1) is 12.9. The van der Waals surface area contributed by atoms with Gasteiger partial charge in [-0.25, -0.2) is 4.79 Å². The van der Waals surface area contributed by atoms with Crippen LogP contribution in [0.25, 0.3) is 0 Å². The number of ether oxygens (including phenoxy) is 2. The monoisotopic (exact) mass is 616 g/mol. The summed E-state index contributed by atoms with van der Waals surface area (Å²) in [6, 6.07) is 0. The average molecular weight is 617 g/mol. The number of carboxylic acids is 1. The van der Waals surface area contributed by atoms with Crippen LogP contribution in [0.1, 0.15) is 19.8 Å². The van der Waals surface area contributed by atoms with Gasteiger partial charge in [0.2, 0.25) is 6.29 Å². The van der Waals surface area contributed by atoms with Crippen molar-refractivity contribution in [1.82, 2.24) is 0 Å². The van der Waals surface area contributed by atoms with Crippen molar-refractivity contribution in [3.63, 3.8) is 0 Å². The Labute approximate surface area is 197 Å². The second-order valence-corrected chi connectivity index (χ2v) is 23.4. The number of carbonyl (C=O) groups excluding carboxylic acids is 1. The predicted octanol–water partition coefficient (Wildman–Crippen LogP) is 0.664. The zero-order valence-electron chi connectivity index (χ0n) is 13.2. The van der Waals surface area contributed by atoms with Gasteiger partial charge in [-0.05, 0) is 6.92 Å². The van der Waals surface area contributed by atoms with E-state index in [1.165, 1.54) is 23.8 Å². The largest absolute Gasteiger partial charge is 0.481 e. The van der Waals surface area contributed by atoms with Crippen molar-refractivity contribution in [3.05, 3.63) is 12.7 Å². The Morgan fingerprint density at radius 3 is 1.85 bits per heavy atom. The van der Waals surface area contributed by atoms with E-state index in [4.69, 9.17) is 37.0 Å². The Kier molecular flexibility index (Phi) is 19.3. The highest BCUT2D eigenvalue weighted by atomic mass is 33.5. The van der Waals surface area contributed by atoms with Gasteiger partial charge in [0.15, 0.2) is 5.60 Å². The molecule has 2 atom stereocenters. The molecule has 1 aliphatic heterocycles. The molecule has 0 bridgehead atoms. The van der Waals surface area contributed by atoms with Gasteiger partial charge in [0.25, 0.3) is 0 Å². The molecule has 1 heterocycles. The molecule has 1 unspecified atom stereocenters. The van der Waals surface area contributed by atoms with Gasteiger partial charge in [-0.2, -0.15) is 0 Å². The molecule has 0 aromatic heterocycles. The minimum atomic E-state index is -1.38. The molecule has 18 heteroatoms. The molecule has 0 saturated carbocycles. The van der Waals surface area contributed by atoms with Gasteiger partial charge in [0.1, 0.15) is 0 Å². The van der Waals surface area contributed by atoms with E-state index in [0.29, 0.717) is 0 Å². The summed E-state index contributed by atoms with van der Waals surface area (Å²) in [6.07, 6.45) is 0.495. The summed E-state index contributed by atoms with van der Waals surface area (Å²) < 4.78 is 9.95. The van der Waals surface area contributed by atoms with Gasteiger partial charge < -0.3 is 14.6 Å². The standard InChI is InChI=1S/C9H12O5.S13/c1-3-4-9(5-7(10)11)8(12)13-6(2)14-9;1-3-5-7-9-11-13-12-10-8-6-4-2/h3,6H,1,4-5H2,2H3,(H,10,11);/t6-,9?;/m0./s1. The molecular formula is C9H12O5S13. The summed E-state index contributed by atoms with van der Waals surface area (Å²) in [4.78, 5) is 21.9. The molecule has 0 radical (unpaired) electrons. The minimum Gasteiger partial charge on any atom is -0.481 e. The summed E-state index contributed by atoms with van der Waals surface area (Å²) in [7, 11) is 18.1. The van der Waals surface area contributed by atoms with Gasteiger partial charge in [-0.15, -0.1) is 6.58 Å². The molecule has 1 N–H and O–H groups in total. The topological polar surface area (TPSA) is 72.8 Å². The quantitative estimate of drug-likeness (QED) is 0.368. The fraction of sp³-hybridized carbons (Fsp3) is 0.556. The lowest BCUT2D eigenvalue weighted by Crippen LogP contribution is -2.38. The molecule has 1 rings (SSSR count). The maximum Gasteiger partial charge on any atom is 0.341 e. The number of carboxylic acid groups (broad SMARTS) is 1. The Balaban J connectivity index is 0.000000503. The lowest BCUT2D eigenvalue weighted by atomic mass is 9.96. The minimum absolute atomic E-state index is 0.141. The summed E-state index contributed by atoms with van der Waals surface area (Å²) >= 11 is 9.40. The van der Waals surface area contributed by atoms with E-state index in [-0.39, 0.29) is 6.42 Å². The highest BCUT2D eigenvalue weighted by Crippen LogP contribution is 2.31. The SMILES string of the molecule is C=CCC1(CC(=O)O)O[C@@H](C)OC1=O.S=S=S=S=S=S=S=S=S=S=S=S=S. The first-order valence-electron chi connectivity index (χ1n) is 6.22. The highest BCUT2D eigenvalue weighted by Gasteiger charge is 2.49. The van der Waals surface area contributed by atoms with E-state index in [1.807, 2.05) is 0 Å². The van der Waals surface area contributed by atoms with Gasteiger partial charge in [-0.3, -0.25) is 4.79 Å². The van der Waals surface area contributed by atoms with E-state index < -0.39 is 30.3 Å². The number of hydrogen-bond donors (Lipinski definition) is 1. The summed E-state index contributed by atoms with van der Waals surface area (Å²) in [5.74, 6) is -1.73. The van der Waals surface area contributed by atoms with Crippen molar-refractivity contribution in [2.45, 2.75) is 31.7 Å². The van der Waals surface area contributed by atoms with Crippen LogP contribution in [0.15, 0.2) is 12.7 Å². The normalized spacial score (nSPS) is 19.6. The van der Waals surface area contributed by atoms with Gasteiger partial charge in [0.05, 0.1) is 6.42 Å². The van der Waals surface area contributed by atoms with Crippen LogP contribution < -0.4 is 0 Å². The molecule has 1 fully saturated rings. The first kappa shape index (κ1) is 28.5. The van der Waals surface area contributed by atoms with Crippen molar-refractivity contribution in [3.8, 4) is 0 Å². The summed E-state index contributed by atoms with van der Waals surface area (Å²) in [5.41, 5.74) is -1.38. The van der Waals surface area contributed by atoms with E-state index in [0.717, 1.165) is 0 Å². The van der Waals surface area contributed by atoms with Crippen molar-refractivity contribution >= 4 is 132 Å². The number of aliphatic carboxylic acids is 1. The van der Waals surface area contributed by atoms with Crippen LogP contribution in [0.2, 0.25) is 0 Å². The van der Waals surface area contributed by atoms with Crippen LogP contribution in [0.5, 0.6) is 0 Å². The molecule has 0 aliphatic carbocycles. The third-order valence-corrected chi connectivity index (χ3v) is 24.4. The van der Waals surface area contributed by atoms with Gasteiger partial charge >= 0.3 is 11.9 Å². The lowest BCUT2D eigenvalue weighted by Gasteiger charge is -2.19. The second-order valence-electron chi connectivity index (χ2n) is 3.90. The van der Waals surface area contributed by atoms with E-state index in [1.54, 1.807) is 86.8 Å². The zero-order chi connectivity index (χ0) is 20.5. The molecule has 1 saturated heterocycles. The number of esters is 1. The van der Waals surface area contributed by atoms with Crippen LogP contribution in [0.3, 0.4) is 0 Å². The molecule has 0 amide bonds. The molecule has 0 aromatic carbocycles. The Bertz CT molecular complexity index is 964. The average Bonchev–Trinajstić information content (AvgIpc) is 2.87. The van der Waals surface area contributed by atoms with Crippen molar-refractivity contribution in [1.29, 1.82) is 0 Å². The van der Waals surface area contributed by atoms with Crippen LogP contribution in [-0.4, -0.2) is 28.9 Å². The smallest absolute Gasteiger partial charge is 0.341 e. The third-order valence-electron chi connectivity index (χ3n) is 2.23. The molecule has 156 valence electrons. The van der Waals surface area contributed by atoms with Crippen molar-refractivity contribution < 1.29 is 24.2 Å². The van der Waals surface area contributed by atoms with E-state index >= 15 is 0 Å². The van der Waals surface area contributed by atoms with E-state index in [9.17, 15) is 9.59 Å². The van der Waals surface area contributed by atoms with Gasteiger partial charge in [0, 0.05) is 126 Å². The summed E-state index contributed by atoms with van der Waals surface area (Å²) in [5, 5.41) is 8.65. The molecule has 1 aliphatic rings. The fourth-order valence-electron chi connectivity index (χ4n) is 1.54. The first-order valence-corrected chi connectivity index (χ1v) is 22.2. The zero-order valence-corrected chi connectivity index (χ0v) is 23.8. The van der Waals surface area contributed by atoms with Crippen LogP contribution in [0.4, 0.5) is 0 Å². The Morgan fingerprint density at radius 2 is 1.56 bits per heavy atom. The maximum atomic E-state index is 11.4.